The molecule has 4 rings (SSSR count). The lowest BCUT2D eigenvalue weighted by Gasteiger charge is -2.33. The van der Waals surface area contributed by atoms with Gasteiger partial charge in [-0.15, -0.1) is 0 Å². The number of nitrogens with zero attached hydrogens (tertiary/aromatic N) is 4. The molecule has 1 aliphatic rings. The van der Waals surface area contributed by atoms with Crippen LogP contribution in [0.25, 0.3) is 22.0 Å². The minimum absolute atomic E-state index is 0.180. The Hall–Kier alpha value is -3.68. The second-order valence-electron chi connectivity index (χ2n) is 8.38. The highest BCUT2D eigenvalue weighted by Gasteiger charge is 2.25. The fourth-order valence-corrected chi connectivity index (χ4v) is 4.18. The van der Waals surface area contributed by atoms with Crippen LogP contribution in [0.2, 0.25) is 0 Å². The molecule has 0 atom stereocenters. The first-order valence-electron chi connectivity index (χ1n) is 11.2. The predicted molar refractivity (Wildman–Crippen MR) is 129 cm³/mol. The van der Waals surface area contributed by atoms with Crippen LogP contribution >= 0.6 is 0 Å². The lowest BCUT2D eigenvalue weighted by Crippen LogP contribution is -2.36. The van der Waals surface area contributed by atoms with E-state index in [0.29, 0.717) is 53.8 Å². The van der Waals surface area contributed by atoms with Crippen LogP contribution in [0, 0.1) is 17.6 Å². The smallest absolute Gasteiger partial charge is 0.150 e. The minimum atomic E-state index is -0.611. The maximum Gasteiger partial charge on any atom is 0.150 e. The standard InChI is InChI=1S/C26H26F2N4O2/c1-4-16(2)34-31-17(3)19-7-9-32(10-8-19)26-23-13-20(27)12-22(25(23)29-15-30-26)21-6-5-18(14-33)11-24(21)28/h5-6,11-15,19H,2,4,7-10H2,1,3H3/b31-17+. The van der Waals surface area contributed by atoms with Crippen LogP contribution in [0.15, 0.2) is 54.2 Å². The number of rotatable bonds is 7. The van der Waals surface area contributed by atoms with Crippen LogP contribution in [0.5, 0.6) is 0 Å². The Morgan fingerprint density at radius 1 is 1.21 bits per heavy atom. The average molecular weight is 465 g/mol. The van der Waals surface area contributed by atoms with E-state index >= 15 is 0 Å². The minimum Gasteiger partial charge on any atom is -0.362 e. The SMILES string of the molecule is C=C(CC)O/N=C(\C)C1CCN(c2ncnc3c(-c4ccc(C=O)cc4F)cc(F)cc23)CC1. The Balaban J connectivity index is 1.63. The second kappa shape index (κ2) is 10.1. The van der Waals surface area contributed by atoms with Gasteiger partial charge in [0.25, 0.3) is 0 Å². The van der Waals surface area contributed by atoms with E-state index in [1.807, 2.05) is 13.8 Å². The van der Waals surface area contributed by atoms with Crippen molar-refractivity contribution in [2.24, 2.45) is 11.1 Å². The maximum absolute atomic E-state index is 14.7. The summed E-state index contributed by atoms with van der Waals surface area (Å²) in [5.41, 5.74) is 2.09. The number of oxime groups is 1. The summed E-state index contributed by atoms with van der Waals surface area (Å²) in [6.45, 7) is 9.11. The topological polar surface area (TPSA) is 67.7 Å². The van der Waals surface area contributed by atoms with Gasteiger partial charge in [0.05, 0.1) is 11.2 Å². The summed E-state index contributed by atoms with van der Waals surface area (Å²) in [6.07, 6.45) is 4.37. The van der Waals surface area contributed by atoms with Gasteiger partial charge in [-0.05, 0) is 38.0 Å². The Morgan fingerprint density at radius 3 is 2.65 bits per heavy atom. The molecule has 0 aliphatic carbocycles. The highest BCUT2D eigenvalue weighted by atomic mass is 19.1. The van der Waals surface area contributed by atoms with Gasteiger partial charge in [0.1, 0.15) is 35.8 Å². The van der Waals surface area contributed by atoms with Gasteiger partial charge in [0, 0.05) is 47.5 Å². The molecule has 2 aromatic carbocycles. The monoisotopic (exact) mass is 464 g/mol. The van der Waals surface area contributed by atoms with Gasteiger partial charge in [-0.3, -0.25) is 4.79 Å². The number of hydrogen-bond acceptors (Lipinski definition) is 6. The van der Waals surface area contributed by atoms with Crippen LogP contribution in [-0.4, -0.2) is 35.1 Å². The van der Waals surface area contributed by atoms with Crippen molar-refractivity contribution in [1.29, 1.82) is 0 Å². The van der Waals surface area contributed by atoms with Gasteiger partial charge < -0.3 is 9.74 Å². The molecule has 0 amide bonds. The first-order chi connectivity index (χ1) is 16.4. The zero-order valence-electron chi connectivity index (χ0n) is 19.2. The normalized spacial score (nSPS) is 14.9. The number of allylic oxidation sites excluding steroid dienone is 1. The maximum atomic E-state index is 14.7. The Morgan fingerprint density at radius 2 is 1.97 bits per heavy atom. The molecular weight excluding hydrogens is 438 g/mol. The third-order valence-electron chi connectivity index (χ3n) is 6.20. The van der Waals surface area contributed by atoms with Crippen molar-refractivity contribution in [3.8, 4) is 11.1 Å². The Kier molecular flexibility index (Phi) is 6.95. The van der Waals surface area contributed by atoms with E-state index in [9.17, 15) is 13.6 Å². The number of piperidine rings is 1. The number of anilines is 1. The van der Waals surface area contributed by atoms with E-state index in [2.05, 4.69) is 26.6 Å². The average Bonchev–Trinajstić information content (AvgIpc) is 2.86. The summed E-state index contributed by atoms with van der Waals surface area (Å²) in [5, 5.41) is 4.73. The van der Waals surface area contributed by atoms with Crippen molar-refractivity contribution < 1.29 is 18.4 Å². The van der Waals surface area contributed by atoms with Gasteiger partial charge in [-0.25, -0.2) is 18.7 Å². The summed E-state index contributed by atoms with van der Waals surface area (Å²) < 4.78 is 29.4. The van der Waals surface area contributed by atoms with E-state index in [1.165, 1.54) is 30.6 Å². The van der Waals surface area contributed by atoms with Crippen molar-refractivity contribution in [2.45, 2.75) is 33.1 Å². The molecule has 8 heteroatoms. The van der Waals surface area contributed by atoms with E-state index in [1.54, 1.807) is 0 Å². The van der Waals surface area contributed by atoms with Gasteiger partial charge in [-0.2, -0.15) is 0 Å². The molecule has 0 unspecified atom stereocenters. The molecule has 0 saturated carbocycles. The van der Waals surface area contributed by atoms with Crippen LogP contribution in [-0.2, 0) is 4.84 Å². The van der Waals surface area contributed by atoms with E-state index in [4.69, 9.17) is 4.84 Å². The number of aromatic nitrogens is 2. The molecule has 34 heavy (non-hydrogen) atoms. The number of carbonyl (C=O) groups is 1. The number of hydrogen-bond donors (Lipinski definition) is 0. The third-order valence-corrected chi connectivity index (χ3v) is 6.20. The van der Waals surface area contributed by atoms with Crippen molar-refractivity contribution in [3.63, 3.8) is 0 Å². The van der Waals surface area contributed by atoms with Crippen molar-refractivity contribution >= 4 is 28.7 Å². The summed E-state index contributed by atoms with van der Waals surface area (Å²) in [5.74, 6) is 0.383. The molecule has 0 N–H and O–H groups in total. The Labute approximate surface area is 197 Å². The zero-order chi connectivity index (χ0) is 24.2. The van der Waals surface area contributed by atoms with Gasteiger partial charge in [-0.1, -0.05) is 30.8 Å². The molecule has 3 aromatic rings. The summed E-state index contributed by atoms with van der Waals surface area (Å²) in [7, 11) is 0. The van der Waals surface area contributed by atoms with E-state index in [0.717, 1.165) is 24.6 Å². The number of aldehydes is 1. The first kappa shape index (κ1) is 23.5. The zero-order valence-corrected chi connectivity index (χ0v) is 19.2. The van der Waals surface area contributed by atoms with Crippen molar-refractivity contribution in [3.05, 3.63) is 66.2 Å². The number of fused-ring (bicyclic) bond motifs is 1. The molecule has 0 spiro atoms. The molecule has 2 heterocycles. The summed E-state index contributed by atoms with van der Waals surface area (Å²) in [4.78, 5) is 27.2. The summed E-state index contributed by atoms with van der Waals surface area (Å²) >= 11 is 0. The first-order valence-corrected chi connectivity index (χ1v) is 11.2. The van der Waals surface area contributed by atoms with Crippen molar-refractivity contribution in [1.82, 2.24) is 9.97 Å². The second-order valence-corrected chi connectivity index (χ2v) is 8.38. The van der Waals surface area contributed by atoms with Crippen LogP contribution < -0.4 is 4.90 Å². The molecule has 1 saturated heterocycles. The third kappa shape index (κ3) is 4.81. The highest BCUT2D eigenvalue weighted by Crippen LogP contribution is 2.35. The van der Waals surface area contributed by atoms with Gasteiger partial charge in [0.15, 0.2) is 0 Å². The molecule has 0 bridgehead atoms. The molecule has 1 fully saturated rings. The molecule has 0 radical (unpaired) electrons. The van der Waals surface area contributed by atoms with Gasteiger partial charge in [0.2, 0.25) is 0 Å². The highest BCUT2D eigenvalue weighted by molar-refractivity contribution is 5.99. The molecule has 6 nitrogen and oxygen atoms in total. The number of benzene rings is 2. The molecule has 176 valence electrons. The largest absolute Gasteiger partial charge is 0.362 e. The quantitative estimate of drug-likeness (QED) is 0.188. The van der Waals surface area contributed by atoms with Crippen LogP contribution in [0.3, 0.4) is 0 Å². The number of carbonyl (C=O) groups excluding carboxylic acids is 1. The van der Waals surface area contributed by atoms with E-state index in [-0.39, 0.29) is 17.0 Å². The number of halogens is 2. The van der Waals surface area contributed by atoms with Crippen LogP contribution in [0.4, 0.5) is 14.6 Å². The molecule has 1 aromatic heterocycles. The fourth-order valence-electron chi connectivity index (χ4n) is 4.18. The fraction of sp³-hybridized carbons (Fsp3) is 0.308. The van der Waals surface area contributed by atoms with E-state index < -0.39 is 11.6 Å². The molecule has 1 aliphatic heterocycles. The lowest BCUT2D eigenvalue weighted by atomic mass is 9.92. The Bertz CT molecular complexity index is 1270. The van der Waals surface area contributed by atoms with Gasteiger partial charge >= 0.3 is 0 Å². The molecular formula is C26H26F2N4O2. The summed E-state index contributed by atoms with van der Waals surface area (Å²) in [6, 6.07) is 6.75. The lowest BCUT2D eigenvalue weighted by molar-refractivity contribution is 0.112. The van der Waals surface area contributed by atoms with Crippen molar-refractivity contribution in [2.75, 3.05) is 18.0 Å². The predicted octanol–water partition coefficient (Wildman–Crippen LogP) is 5.92. The van der Waals surface area contributed by atoms with Crippen LogP contribution in [0.1, 0.15) is 43.5 Å².